The molecule has 0 bridgehead atoms. The first-order chi connectivity index (χ1) is 11.0. The van der Waals surface area contributed by atoms with Gasteiger partial charge in [0.15, 0.2) is 0 Å². The Morgan fingerprint density at radius 3 is 2.70 bits per heavy atom. The first-order valence-corrected chi connectivity index (χ1v) is 8.20. The SMILES string of the molecule is CC(=O)N(CCNC(=O)c1ccc(C)c(C)c1)CC1CCCO1. The van der Waals surface area contributed by atoms with E-state index in [0.29, 0.717) is 25.2 Å². The number of nitrogens with one attached hydrogen (secondary N) is 1. The van der Waals surface area contributed by atoms with Gasteiger partial charge < -0.3 is 15.0 Å². The molecule has 0 spiro atoms. The molecule has 1 N–H and O–H groups in total. The van der Waals surface area contributed by atoms with Gasteiger partial charge in [-0.1, -0.05) is 6.07 Å². The van der Waals surface area contributed by atoms with Gasteiger partial charge in [-0.25, -0.2) is 0 Å². The van der Waals surface area contributed by atoms with Crippen LogP contribution in [-0.2, 0) is 9.53 Å². The van der Waals surface area contributed by atoms with Crippen molar-refractivity contribution in [3.05, 3.63) is 34.9 Å². The summed E-state index contributed by atoms with van der Waals surface area (Å²) in [5, 5.41) is 2.88. The van der Waals surface area contributed by atoms with E-state index < -0.39 is 0 Å². The lowest BCUT2D eigenvalue weighted by Crippen LogP contribution is -2.41. The third-order valence-corrected chi connectivity index (χ3v) is 4.33. The molecule has 1 aliphatic rings. The Kier molecular flexibility index (Phi) is 6.16. The molecule has 1 fully saturated rings. The number of aryl methyl sites for hydroxylation is 2. The van der Waals surface area contributed by atoms with Crippen LogP contribution >= 0.6 is 0 Å². The van der Waals surface area contributed by atoms with Crippen molar-refractivity contribution < 1.29 is 14.3 Å². The van der Waals surface area contributed by atoms with Gasteiger partial charge in [-0.15, -0.1) is 0 Å². The minimum Gasteiger partial charge on any atom is -0.376 e. The van der Waals surface area contributed by atoms with Gasteiger partial charge in [0.1, 0.15) is 0 Å². The summed E-state index contributed by atoms with van der Waals surface area (Å²) in [6, 6.07) is 5.66. The molecule has 0 saturated carbocycles. The maximum atomic E-state index is 12.2. The molecular weight excluding hydrogens is 292 g/mol. The lowest BCUT2D eigenvalue weighted by Gasteiger charge is -2.24. The Morgan fingerprint density at radius 1 is 1.30 bits per heavy atom. The molecule has 0 aliphatic carbocycles. The molecule has 5 nitrogen and oxygen atoms in total. The minimum absolute atomic E-state index is 0.0147. The van der Waals surface area contributed by atoms with Crippen molar-refractivity contribution in [1.29, 1.82) is 0 Å². The predicted molar refractivity (Wildman–Crippen MR) is 89.5 cm³/mol. The number of rotatable bonds is 6. The van der Waals surface area contributed by atoms with E-state index in [2.05, 4.69) is 5.32 Å². The Bertz CT molecular complexity index is 565. The van der Waals surface area contributed by atoms with E-state index in [9.17, 15) is 9.59 Å². The van der Waals surface area contributed by atoms with Crippen molar-refractivity contribution in [2.24, 2.45) is 0 Å². The van der Waals surface area contributed by atoms with Crippen LogP contribution in [0.25, 0.3) is 0 Å². The fourth-order valence-electron chi connectivity index (χ4n) is 2.70. The molecule has 1 atom stereocenters. The van der Waals surface area contributed by atoms with E-state index >= 15 is 0 Å². The molecule has 2 amide bonds. The van der Waals surface area contributed by atoms with Crippen LogP contribution in [0.1, 0.15) is 41.3 Å². The summed E-state index contributed by atoms with van der Waals surface area (Å²) in [5.41, 5.74) is 2.92. The number of amides is 2. The second kappa shape index (κ2) is 8.11. The fourth-order valence-corrected chi connectivity index (χ4v) is 2.70. The average Bonchev–Trinajstić information content (AvgIpc) is 3.01. The molecule has 1 unspecified atom stereocenters. The van der Waals surface area contributed by atoms with Gasteiger partial charge in [-0.3, -0.25) is 9.59 Å². The zero-order valence-corrected chi connectivity index (χ0v) is 14.2. The van der Waals surface area contributed by atoms with Gasteiger partial charge in [0.2, 0.25) is 5.91 Å². The van der Waals surface area contributed by atoms with Crippen molar-refractivity contribution >= 4 is 11.8 Å². The third-order valence-electron chi connectivity index (χ3n) is 4.33. The molecule has 1 saturated heterocycles. The molecule has 5 heteroatoms. The fraction of sp³-hybridized carbons (Fsp3) is 0.556. The van der Waals surface area contributed by atoms with Crippen LogP contribution in [-0.4, -0.2) is 49.1 Å². The lowest BCUT2D eigenvalue weighted by atomic mass is 10.1. The summed E-state index contributed by atoms with van der Waals surface area (Å²) in [5.74, 6) is -0.0883. The molecule has 1 aromatic carbocycles. The summed E-state index contributed by atoms with van der Waals surface area (Å²) in [4.78, 5) is 25.6. The molecule has 1 heterocycles. The summed E-state index contributed by atoms with van der Waals surface area (Å²) in [6.07, 6.45) is 2.19. The summed E-state index contributed by atoms with van der Waals surface area (Å²) < 4.78 is 5.57. The topological polar surface area (TPSA) is 58.6 Å². The molecule has 1 aromatic rings. The van der Waals surface area contributed by atoms with Crippen LogP contribution in [0.5, 0.6) is 0 Å². The highest BCUT2D eigenvalue weighted by Gasteiger charge is 2.20. The first-order valence-electron chi connectivity index (χ1n) is 8.20. The van der Waals surface area contributed by atoms with Crippen LogP contribution in [0.3, 0.4) is 0 Å². The van der Waals surface area contributed by atoms with Crippen LogP contribution in [0, 0.1) is 13.8 Å². The highest BCUT2D eigenvalue weighted by molar-refractivity contribution is 5.94. The van der Waals surface area contributed by atoms with Crippen molar-refractivity contribution in [3.8, 4) is 0 Å². The number of hydrogen-bond donors (Lipinski definition) is 1. The van der Waals surface area contributed by atoms with Gasteiger partial charge in [-0.2, -0.15) is 0 Å². The Hall–Kier alpha value is -1.88. The standard InChI is InChI=1S/C18H26N2O3/c1-13-6-7-16(11-14(13)2)18(22)19-8-9-20(15(3)21)12-17-5-4-10-23-17/h6-7,11,17H,4-5,8-10,12H2,1-3H3,(H,19,22). The van der Waals surface area contributed by atoms with Gasteiger partial charge in [0, 0.05) is 38.7 Å². The van der Waals surface area contributed by atoms with Crippen molar-refractivity contribution in [1.82, 2.24) is 10.2 Å². The van der Waals surface area contributed by atoms with E-state index in [4.69, 9.17) is 4.74 Å². The third kappa shape index (κ3) is 5.06. The quantitative estimate of drug-likeness (QED) is 0.873. The molecule has 126 valence electrons. The molecule has 2 rings (SSSR count). The lowest BCUT2D eigenvalue weighted by molar-refractivity contribution is -0.130. The molecular formula is C18H26N2O3. The van der Waals surface area contributed by atoms with Crippen LogP contribution < -0.4 is 5.32 Å². The van der Waals surface area contributed by atoms with Gasteiger partial charge >= 0.3 is 0 Å². The predicted octanol–water partition coefficient (Wildman–Crippen LogP) is 2.06. The zero-order chi connectivity index (χ0) is 16.8. The van der Waals surface area contributed by atoms with Crippen LogP contribution in [0.4, 0.5) is 0 Å². The maximum absolute atomic E-state index is 12.2. The van der Waals surface area contributed by atoms with E-state index in [1.54, 1.807) is 11.8 Å². The number of carbonyl (C=O) groups excluding carboxylic acids is 2. The van der Waals surface area contributed by atoms with Crippen LogP contribution in [0.15, 0.2) is 18.2 Å². The normalized spacial score (nSPS) is 17.1. The number of nitrogens with zero attached hydrogens (tertiary/aromatic N) is 1. The van der Waals surface area contributed by atoms with Gasteiger partial charge in [0.05, 0.1) is 6.10 Å². The zero-order valence-electron chi connectivity index (χ0n) is 14.2. The number of benzene rings is 1. The first kappa shape index (κ1) is 17.5. The molecule has 0 aromatic heterocycles. The molecule has 23 heavy (non-hydrogen) atoms. The molecule has 0 radical (unpaired) electrons. The average molecular weight is 318 g/mol. The Labute approximate surface area is 138 Å². The Morgan fingerprint density at radius 2 is 2.09 bits per heavy atom. The number of hydrogen-bond acceptors (Lipinski definition) is 3. The highest BCUT2D eigenvalue weighted by atomic mass is 16.5. The van der Waals surface area contributed by atoms with Crippen molar-refractivity contribution in [3.63, 3.8) is 0 Å². The maximum Gasteiger partial charge on any atom is 0.251 e. The smallest absolute Gasteiger partial charge is 0.251 e. The monoisotopic (exact) mass is 318 g/mol. The second-order valence-electron chi connectivity index (χ2n) is 6.16. The van der Waals surface area contributed by atoms with E-state index in [-0.39, 0.29) is 17.9 Å². The largest absolute Gasteiger partial charge is 0.376 e. The second-order valence-corrected chi connectivity index (χ2v) is 6.16. The summed E-state index contributed by atoms with van der Waals surface area (Å²) >= 11 is 0. The van der Waals surface area contributed by atoms with Crippen molar-refractivity contribution in [2.75, 3.05) is 26.2 Å². The van der Waals surface area contributed by atoms with E-state index in [0.717, 1.165) is 25.0 Å². The van der Waals surface area contributed by atoms with E-state index in [1.165, 1.54) is 5.56 Å². The molecule has 1 aliphatic heterocycles. The van der Waals surface area contributed by atoms with Crippen LogP contribution in [0.2, 0.25) is 0 Å². The number of carbonyl (C=O) groups is 2. The van der Waals surface area contributed by atoms with E-state index in [1.807, 2.05) is 32.0 Å². The summed E-state index contributed by atoms with van der Waals surface area (Å²) in [6.45, 7) is 7.90. The summed E-state index contributed by atoms with van der Waals surface area (Å²) in [7, 11) is 0. The van der Waals surface area contributed by atoms with Gasteiger partial charge in [-0.05, 0) is 49.9 Å². The highest BCUT2D eigenvalue weighted by Crippen LogP contribution is 2.13. The van der Waals surface area contributed by atoms with Gasteiger partial charge in [0.25, 0.3) is 5.91 Å². The number of ether oxygens (including phenoxy) is 1. The Balaban J connectivity index is 1.82. The minimum atomic E-state index is -0.103. The van der Waals surface area contributed by atoms with Crippen molar-refractivity contribution in [2.45, 2.75) is 39.7 Å².